The monoisotopic (exact) mass is 392 g/mol. The zero-order valence-corrected chi connectivity index (χ0v) is 17.5. The summed E-state index contributed by atoms with van der Waals surface area (Å²) in [4.78, 5) is 23.5. The van der Waals surface area contributed by atoms with Crippen LogP contribution >= 0.6 is 17.2 Å². The van der Waals surface area contributed by atoms with Gasteiger partial charge in [-0.25, -0.2) is 4.79 Å². The highest BCUT2D eigenvalue weighted by atomic mass is 32.0. The molecule has 1 amide bonds. The molecule has 0 fully saturated rings. The second-order valence-electron chi connectivity index (χ2n) is 6.19. The van der Waals surface area contributed by atoms with Crippen LogP contribution in [0, 0.1) is 0 Å². The van der Waals surface area contributed by atoms with E-state index in [1.165, 1.54) is 5.30 Å². The number of hydrogen-bond acceptors (Lipinski definition) is 3. The molecule has 0 saturated heterocycles. The average Bonchev–Trinajstić information content (AvgIpc) is 2.66. The molecule has 138 valence electrons. The van der Waals surface area contributed by atoms with Gasteiger partial charge in [-0.05, 0) is 39.5 Å². The molecule has 0 aromatic heterocycles. The number of quaternary nitrogens is 1. The van der Waals surface area contributed by atoms with Crippen molar-refractivity contribution in [2.45, 2.75) is 32.5 Å². The molecule has 0 heterocycles. The summed E-state index contributed by atoms with van der Waals surface area (Å²) in [5.41, 5.74) is 6.81. The molecule has 7 heteroatoms. The third-order valence-electron chi connectivity index (χ3n) is 3.92. The third kappa shape index (κ3) is 5.88. The minimum atomic E-state index is -0.690. The van der Waals surface area contributed by atoms with Gasteiger partial charge in [0.15, 0.2) is 6.04 Å². The van der Waals surface area contributed by atoms with Crippen molar-refractivity contribution in [2.24, 2.45) is 0 Å². The van der Waals surface area contributed by atoms with Crippen LogP contribution in [-0.2, 0) is 20.9 Å². The maximum absolute atomic E-state index is 12.0. The molecular weight excluding hydrogens is 366 g/mol. The second kappa shape index (κ2) is 9.78. The summed E-state index contributed by atoms with van der Waals surface area (Å²) in [6.07, 6.45) is 0. The molecule has 0 bridgehead atoms. The summed E-state index contributed by atoms with van der Waals surface area (Å²) in [5.74, 6) is -0.728. The van der Waals surface area contributed by atoms with Gasteiger partial charge in [-0.3, -0.25) is 4.79 Å². The second-order valence-corrected chi connectivity index (χ2v) is 8.18. The Morgan fingerprint density at radius 1 is 1.08 bits per heavy atom. The minimum Gasteiger partial charge on any atom is -0.459 e. The van der Waals surface area contributed by atoms with Crippen LogP contribution in [-0.4, -0.2) is 24.0 Å². The van der Waals surface area contributed by atoms with E-state index in [1.54, 1.807) is 13.8 Å². The lowest BCUT2D eigenvalue weighted by atomic mass is 10.0. The Morgan fingerprint density at radius 2 is 1.62 bits per heavy atom. The summed E-state index contributed by atoms with van der Waals surface area (Å²) in [5, 5.41) is 3.93. The first-order valence-corrected chi connectivity index (χ1v) is 11.8. The van der Waals surface area contributed by atoms with Crippen LogP contribution in [0.2, 0.25) is 0 Å². The van der Waals surface area contributed by atoms with Crippen LogP contribution in [0.25, 0.3) is 11.1 Å². The van der Waals surface area contributed by atoms with Crippen molar-refractivity contribution >= 4 is 34.4 Å². The Labute approximate surface area is 158 Å². The molecule has 0 spiro atoms. The van der Waals surface area contributed by atoms with Crippen molar-refractivity contribution in [3.8, 4) is 11.1 Å². The fourth-order valence-corrected chi connectivity index (χ4v) is 3.38. The number of benzene rings is 2. The van der Waals surface area contributed by atoms with E-state index < -0.39 is 18.1 Å². The molecule has 4 atom stereocenters. The number of esters is 1. The van der Waals surface area contributed by atoms with Gasteiger partial charge < -0.3 is 15.8 Å². The van der Waals surface area contributed by atoms with E-state index in [9.17, 15) is 9.59 Å². The fourth-order valence-electron chi connectivity index (χ4n) is 2.27. The number of carbonyl (C=O) groups excluding carboxylic acids is 2. The Kier molecular flexibility index (Phi) is 7.71. The van der Waals surface area contributed by atoms with Gasteiger partial charge in [-0.15, -0.1) is 0 Å². The molecule has 2 aromatic rings. The van der Waals surface area contributed by atoms with Crippen LogP contribution in [0.1, 0.15) is 19.4 Å². The lowest BCUT2D eigenvalue weighted by Crippen LogP contribution is -2.66. The van der Waals surface area contributed by atoms with Crippen molar-refractivity contribution < 1.29 is 20.1 Å². The molecule has 4 N–H and O–H groups in total. The number of nitrogens with one attached hydrogen (secondary N) is 1. The Morgan fingerprint density at radius 3 is 2.12 bits per heavy atom. The van der Waals surface area contributed by atoms with Crippen molar-refractivity contribution in [3.05, 3.63) is 54.1 Å². The standard InChI is InChI=1S/C19H24N2O3P2/c1-12(20)18(22)21-13(2)19(23)24-11-14-3-5-15(6-4-14)16-7-9-17(26-25)10-8-16/h3-10,12-13,26H,11,20,25H2,1-2H3,(H,21,22)/p+2. The number of amides is 1. The van der Waals surface area contributed by atoms with Gasteiger partial charge in [0.1, 0.15) is 12.6 Å². The van der Waals surface area contributed by atoms with Crippen molar-refractivity contribution in [2.75, 3.05) is 0 Å². The van der Waals surface area contributed by atoms with E-state index in [0.29, 0.717) is 0 Å². The molecule has 0 aliphatic heterocycles. The SMILES string of the molecule is CC([NH3+])C(=O)NC(C)C(=O)OCc1ccc(-c2ccc(P[PH3+])cc2)cc1. The lowest BCUT2D eigenvalue weighted by molar-refractivity contribution is -0.398. The zero-order valence-electron chi connectivity index (χ0n) is 15.1. The minimum absolute atomic E-state index is 0.177. The summed E-state index contributed by atoms with van der Waals surface area (Å²) < 4.78 is 5.27. The predicted molar refractivity (Wildman–Crippen MR) is 111 cm³/mol. The quantitative estimate of drug-likeness (QED) is 0.551. The molecule has 2 rings (SSSR count). The highest BCUT2D eigenvalue weighted by Gasteiger charge is 2.20. The van der Waals surface area contributed by atoms with Crippen LogP contribution in [0.3, 0.4) is 0 Å². The first-order chi connectivity index (χ1) is 12.4. The molecule has 0 aliphatic carbocycles. The largest absolute Gasteiger partial charge is 0.459 e. The van der Waals surface area contributed by atoms with Gasteiger partial charge in [0.2, 0.25) is 0 Å². The van der Waals surface area contributed by atoms with E-state index in [1.807, 2.05) is 33.2 Å². The Hall–Kier alpha value is -1.80. The summed E-state index contributed by atoms with van der Waals surface area (Å²) in [6, 6.07) is 15.4. The highest BCUT2D eigenvalue weighted by molar-refractivity contribution is 8.06. The van der Waals surface area contributed by atoms with Gasteiger partial charge >= 0.3 is 5.97 Å². The van der Waals surface area contributed by atoms with Crippen LogP contribution in [0.5, 0.6) is 0 Å². The van der Waals surface area contributed by atoms with E-state index in [-0.39, 0.29) is 12.5 Å². The highest BCUT2D eigenvalue weighted by Crippen LogP contribution is 2.23. The van der Waals surface area contributed by atoms with Crippen molar-refractivity contribution in [1.82, 2.24) is 5.32 Å². The van der Waals surface area contributed by atoms with E-state index in [4.69, 9.17) is 4.74 Å². The van der Waals surface area contributed by atoms with E-state index in [0.717, 1.165) is 25.0 Å². The molecule has 2 aromatic carbocycles. The number of carbonyl (C=O) groups is 2. The average molecular weight is 392 g/mol. The summed E-state index contributed by atoms with van der Waals surface area (Å²) >= 11 is 0. The first kappa shape index (κ1) is 20.5. The maximum atomic E-state index is 12.0. The van der Waals surface area contributed by atoms with Crippen molar-refractivity contribution in [3.63, 3.8) is 0 Å². The van der Waals surface area contributed by atoms with Gasteiger partial charge in [0, 0.05) is 5.30 Å². The van der Waals surface area contributed by atoms with E-state index in [2.05, 4.69) is 35.3 Å². The predicted octanol–water partition coefficient (Wildman–Crippen LogP) is 1.36. The molecule has 26 heavy (non-hydrogen) atoms. The van der Waals surface area contributed by atoms with Gasteiger partial charge in [-0.2, -0.15) is 0 Å². The summed E-state index contributed by atoms with van der Waals surface area (Å²) in [6.45, 7) is 3.45. The number of rotatable bonds is 7. The Bertz CT molecular complexity index is 746. The van der Waals surface area contributed by atoms with Crippen molar-refractivity contribution in [1.29, 1.82) is 0 Å². The fraction of sp³-hybridized carbons (Fsp3) is 0.263. The third-order valence-corrected chi connectivity index (χ3v) is 5.88. The van der Waals surface area contributed by atoms with Gasteiger partial charge in [-0.1, -0.05) is 48.5 Å². The lowest BCUT2D eigenvalue weighted by Gasteiger charge is -2.14. The maximum Gasteiger partial charge on any atom is 0.328 e. The molecule has 0 aliphatic rings. The smallest absolute Gasteiger partial charge is 0.328 e. The van der Waals surface area contributed by atoms with Gasteiger partial charge in [0.25, 0.3) is 5.91 Å². The van der Waals surface area contributed by atoms with Crippen LogP contribution in [0.15, 0.2) is 48.5 Å². The number of hydrogen-bond donors (Lipinski definition) is 2. The molecule has 0 radical (unpaired) electrons. The number of ether oxygens (including phenoxy) is 1. The molecular formula is C19H26N2O3P2+2. The molecule has 0 saturated carbocycles. The molecule has 5 nitrogen and oxygen atoms in total. The normalized spacial score (nSPS) is 13.5. The van der Waals surface area contributed by atoms with E-state index >= 15 is 0 Å². The summed E-state index contributed by atoms with van der Waals surface area (Å²) in [7, 11) is 2.79. The topological polar surface area (TPSA) is 83.0 Å². The first-order valence-electron chi connectivity index (χ1n) is 8.43. The van der Waals surface area contributed by atoms with Crippen LogP contribution in [0.4, 0.5) is 0 Å². The molecule has 4 unspecified atom stereocenters. The van der Waals surface area contributed by atoms with Gasteiger partial charge in [0.05, 0.1) is 8.27 Å². The Balaban J connectivity index is 1.90. The zero-order chi connectivity index (χ0) is 19.1. The van der Waals surface area contributed by atoms with Crippen LogP contribution < -0.4 is 16.4 Å².